The summed E-state index contributed by atoms with van der Waals surface area (Å²) in [5, 5.41) is 3.72. The lowest BCUT2D eigenvalue weighted by molar-refractivity contribution is -0.131. The van der Waals surface area contributed by atoms with E-state index >= 15 is 0 Å². The first-order valence-electron chi connectivity index (χ1n) is 5.90. The molecule has 0 radical (unpaired) electrons. The molecule has 6 heteroatoms. The molecular weight excluding hydrogens is 220 g/mol. The lowest BCUT2D eigenvalue weighted by Crippen LogP contribution is -2.37. The second-order valence-corrected chi connectivity index (χ2v) is 4.50. The van der Waals surface area contributed by atoms with Gasteiger partial charge in [0.15, 0.2) is 5.82 Å². The summed E-state index contributed by atoms with van der Waals surface area (Å²) in [5.74, 6) is 1.36. The van der Waals surface area contributed by atoms with Gasteiger partial charge in [-0.25, -0.2) is 0 Å². The molecule has 0 spiro atoms. The van der Waals surface area contributed by atoms with Crippen LogP contribution in [-0.4, -0.2) is 52.5 Å². The van der Waals surface area contributed by atoms with Crippen LogP contribution in [0.5, 0.6) is 0 Å². The molecule has 0 bridgehead atoms. The molecule has 6 nitrogen and oxygen atoms in total. The monoisotopic (exact) mass is 238 g/mol. The Hall–Kier alpha value is -1.43. The summed E-state index contributed by atoms with van der Waals surface area (Å²) in [6.45, 7) is 4.49. The van der Waals surface area contributed by atoms with Gasteiger partial charge in [0, 0.05) is 13.1 Å². The fourth-order valence-electron chi connectivity index (χ4n) is 1.99. The molecule has 1 amide bonds. The zero-order chi connectivity index (χ0) is 12.3. The molecule has 1 saturated heterocycles. The zero-order valence-electron chi connectivity index (χ0n) is 10.3. The molecule has 0 aromatic carbocycles. The number of likely N-dealkylation sites (N-methyl/N-ethyl adjacent to an activating group) is 1. The van der Waals surface area contributed by atoms with Gasteiger partial charge in [-0.1, -0.05) is 5.16 Å². The van der Waals surface area contributed by atoms with Crippen LogP contribution in [0.25, 0.3) is 0 Å². The molecule has 1 fully saturated rings. The summed E-state index contributed by atoms with van der Waals surface area (Å²) in [6.07, 6.45) is 2.25. The van der Waals surface area contributed by atoms with Gasteiger partial charge in [-0.15, -0.1) is 0 Å². The number of aryl methyl sites for hydroxylation is 1. The maximum atomic E-state index is 11.9. The Labute approximate surface area is 101 Å². The van der Waals surface area contributed by atoms with Gasteiger partial charge in [-0.2, -0.15) is 4.98 Å². The van der Waals surface area contributed by atoms with Gasteiger partial charge in [-0.05, 0) is 26.8 Å². The molecule has 1 aromatic heterocycles. The minimum absolute atomic E-state index is 0.182. The quantitative estimate of drug-likeness (QED) is 0.761. The Morgan fingerprint density at radius 2 is 2.18 bits per heavy atom. The first kappa shape index (κ1) is 12.0. The number of amides is 1. The number of carbonyl (C=O) groups excluding carboxylic acids is 1. The predicted molar refractivity (Wildman–Crippen MR) is 61.2 cm³/mol. The molecule has 0 atom stereocenters. The van der Waals surface area contributed by atoms with Crippen molar-refractivity contribution in [1.29, 1.82) is 0 Å². The van der Waals surface area contributed by atoms with E-state index < -0.39 is 0 Å². The molecule has 2 rings (SSSR count). The van der Waals surface area contributed by atoms with E-state index in [0.717, 1.165) is 25.9 Å². The molecule has 1 aromatic rings. The third-order valence-electron chi connectivity index (χ3n) is 2.84. The Bertz CT molecular complexity index is 385. The summed E-state index contributed by atoms with van der Waals surface area (Å²) in [5.41, 5.74) is 0. The Balaban J connectivity index is 1.80. The van der Waals surface area contributed by atoms with E-state index in [1.807, 2.05) is 16.8 Å². The van der Waals surface area contributed by atoms with Crippen LogP contribution in [0.15, 0.2) is 4.52 Å². The molecule has 0 N–H and O–H groups in total. The van der Waals surface area contributed by atoms with E-state index in [2.05, 4.69) is 10.1 Å². The number of rotatable bonds is 4. The Kier molecular flexibility index (Phi) is 3.73. The van der Waals surface area contributed by atoms with E-state index in [1.165, 1.54) is 0 Å². The molecule has 2 heterocycles. The maximum Gasteiger partial charge on any atom is 0.240 e. The van der Waals surface area contributed by atoms with Crippen molar-refractivity contribution >= 4 is 5.91 Å². The molecule has 94 valence electrons. The smallest absolute Gasteiger partial charge is 0.240 e. The maximum absolute atomic E-state index is 11.9. The van der Waals surface area contributed by atoms with Gasteiger partial charge < -0.3 is 9.42 Å². The fourth-order valence-corrected chi connectivity index (χ4v) is 1.99. The number of nitrogens with zero attached hydrogens (tertiary/aromatic N) is 4. The van der Waals surface area contributed by atoms with Crippen molar-refractivity contribution in [2.75, 3.05) is 26.7 Å². The Morgan fingerprint density at radius 3 is 2.76 bits per heavy atom. The third-order valence-corrected chi connectivity index (χ3v) is 2.84. The summed E-state index contributed by atoms with van der Waals surface area (Å²) in [7, 11) is 1.88. The molecule has 0 unspecified atom stereocenters. The van der Waals surface area contributed by atoms with Crippen LogP contribution >= 0.6 is 0 Å². The first-order chi connectivity index (χ1) is 8.15. The third kappa shape index (κ3) is 3.26. The summed E-state index contributed by atoms with van der Waals surface area (Å²) >= 11 is 0. The molecule has 17 heavy (non-hydrogen) atoms. The predicted octanol–water partition coefficient (Wildman–Crippen LogP) is 0.432. The van der Waals surface area contributed by atoms with Crippen molar-refractivity contribution < 1.29 is 9.32 Å². The van der Waals surface area contributed by atoms with Crippen molar-refractivity contribution in [3.63, 3.8) is 0 Å². The zero-order valence-corrected chi connectivity index (χ0v) is 10.3. The standard InChI is InChI=1S/C11H18N4O2/c1-9-12-10(17-13-9)7-14(2)8-11(16)15-5-3-4-6-15/h3-8H2,1-2H3. The number of likely N-dealkylation sites (tertiary alicyclic amines) is 1. The second kappa shape index (κ2) is 5.27. The summed E-state index contributed by atoms with van der Waals surface area (Å²) in [6, 6.07) is 0. The topological polar surface area (TPSA) is 62.5 Å². The highest BCUT2D eigenvalue weighted by atomic mass is 16.5. The van der Waals surface area contributed by atoms with Crippen molar-refractivity contribution in [3.8, 4) is 0 Å². The van der Waals surface area contributed by atoms with Crippen LogP contribution in [0, 0.1) is 6.92 Å². The van der Waals surface area contributed by atoms with Crippen LogP contribution in [0.4, 0.5) is 0 Å². The van der Waals surface area contributed by atoms with E-state index in [1.54, 1.807) is 6.92 Å². The highest BCUT2D eigenvalue weighted by Gasteiger charge is 2.19. The van der Waals surface area contributed by atoms with Gasteiger partial charge in [-0.3, -0.25) is 9.69 Å². The average Bonchev–Trinajstić information content (AvgIpc) is 2.89. The molecule has 1 aliphatic heterocycles. The second-order valence-electron chi connectivity index (χ2n) is 4.50. The Morgan fingerprint density at radius 1 is 1.47 bits per heavy atom. The molecule has 0 aliphatic carbocycles. The lowest BCUT2D eigenvalue weighted by atomic mass is 10.4. The average molecular weight is 238 g/mol. The van der Waals surface area contributed by atoms with Crippen molar-refractivity contribution in [2.24, 2.45) is 0 Å². The van der Waals surface area contributed by atoms with Gasteiger partial charge in [0.1, 0.15) is 0 Å². The molecule has 0 saturated carbocycles. The fraction of sp³-hybridized carbons (Fsp3) is 0.727. The van der Waals surface area contributed by atoms with Gasteiger partial charge >= 0.3 is 0 Å². The van der Waals surface area contributed by atoms with Gasteiger partial charge in [0.2, 0.25) is 11.8 Å². The van der Waals surface area contributed by atoms with Crippen LogP contribution in [-0.2, 0) is 11.3 Å². The van der Waals surface area contributed by atoms with Gasteiger partial charge in [0.05, 0.1) is 13.1 Å². The van der Waals surface area contributed by atoms with Crippen molar-refractivity contribution in [3.05, 3.63) is 11.7 Å². The van der Waals surface area contributed by atoms with E-state index in [0.29, 0.717) is 24.8 Å². The summed E-state index contributed by atoms with van der Waals surface area (Å²) < 4.78 is 5.01. The minimum Gasteiger partial charge on any atom is -0.342 e. The van der Waals surface area contributed by atoms with Crippen LogP contribution in [0.2, 0.25) is 0 Å². The van der Waals surface area contributed by atoms with Crippen molar-refractivity contribution in [2.45, 2.75) is 26.3 Å². The van der Waals surface area contributed by atoms with Crippen LogP contribution < -0.4 is 0 Å². The minimum atomic E-state index is 0.182. The lowest BCUT2D eigenvalue weighted by Gasteiger charge is -2.19. The van der Waals surface area contributed by atoms with Crippen LogP contribution in [0.3, 0.4) is 0 Å². The number of carbonyl (C=O) groups is 1. The van der Waals surface area contributed by atoms with Gasteiger partial charge in [0.25, 0.3) is 0 Å². The number of aromatic nitrogens is 2. The largest absolute Gasteiger partial charge is 0.342 e. The number of hydrogen-bond donors (Lipinski definition) is 0. The van der Waals surface area contributed by atoms with E-state index in [-0.39, 0.29) is 5.91 Å². The SMILES string of the molecule is Cc1noc(CN(C)CC(=O)N2CCCC2)n1. The summed E-state index contributed by atoms with van der Waals surface area (Å²) in [4.78, 5) is 19.8. The molecule has 1 aliphatic rings. The highest BCUT2D eigenvalue weighted by Crippen LogP contribution is 2.08. The highest BCUT2D eigenvalue weighted by molar-refractivity contribution is 5.78. The normalized spacial score (nSPS) is 15.8. The first-order valence-corrected chi connectivity index (χ1v) is 5.90. The van der Waals surface area contributed by atoms with Crippen molar-refractivity contribution in [1.82, 2.24) is 19.9 Å². The molecular formula is C11H18N4O2. The number of hydrogen-bond acceptors (Lipinski definition) is 5. The van der Waals surface area contributed by atoms with E-state index in [9.17, 15) is 4.79 Å². The van der Waals surface area contributed by atoms with Crippen LogP contribution in [0.1, 0.15) is 24.6 Å². The van der Waals surface area contributed by atoms with E-state index in [4.69, 9.17) is 4.52 Å².